The smallest absolute Gasteiger partial charge is 0.302 e. The topological polar surface area (TPSA) is 93.1 Å². The fraction of sp³-hybridized carbons (Fsp3) is 0.778. The lowest BCUT2D eigenvalue weighted by molar-refractivity contribution is -0.156. The van der Waals surface area contributed by atoms with Gasteiger partial charge in [0.1, 0.15) is 13.2 Å². The van der Waals surface area contributed by atoms with Crippen LogP contribution in [0.4, 0.5) is 0 Å². The Kier molecular flexibility index (Phi) is 5.88. The van der Waals surface area contributed by atoms with Gasteiger partial charge in [-0.25, -0.2) is 0 Å². The fourth-order valence-corrected chi connectivity index (χ4v) is 0.784. The SMILES string of the molecule is CC(=O)OCC(CO)(CO)COC(C)=O. The summed E-state index contributed by atoms with van der Waals surface area (Å²) in [7, 11) is 0. The van der Waals surface area contributed by atoms with Gasteiger partial charge in [-0.2, -0.15) is 0 Å². The van der Waals surface area contributed by atoms with Crippen molar-refractivity contribution >= 4 is 11.9 Å². The minimum atomic E-state index is -1.13. The lowest BCUT2D eigenvalue weighted by Gasteiger charge is -2.27. The molecule has 0 aromatic rings. The molecule has 2 N–H and O–H groups in total. The second-order valence-corrected chi connectivity index (χ2v) is 3.38. The third kappa shape index (κ3) is 5.34. The summed E-state index contributed by atoms with van der Waals surface area (Å²) in [6.45, 7) is 1.16. The summed E-state index contributed by atoms with van der Waals surface area (Å²) in [6.07, 6.45) is 0. The van der Waals surface area contributed by atoms with Gasteiger partial charge in [-0.05, 0) is 0 Å². The Morgan fingerprint density at radius 3 is 1.53 bits per heavy atom. The Balaban J connectivity index is 4.29. The van der Waals surface area contributed by atoms with E-state index >= 15 is 0 Å². The second kappa shape index (κ2) is 6.36. The third-order valence-electron chi connectivity index (χ3n) is 1.83. The highest BCUT2D eigenvalue weighted by Crippen LogP contribution is 2.17. The molecule has 15 heavy (non-hydrogen) atoms. The maximum absolute atomic E-state index is 10.6. The molecule has 0 atom stereocenters. The molecule has 0 radical (unpaired) electrons. The van der Waals surface area contributed by atoms with Crippen LogP contribution in [0.1, 0.15) is 13.8 Å². The number of aliphatic hydroxyl groups excluding tert-OH is 2. The van der Waals surface area contributed by atoms with E-state index in [1.54, 1.807) is 0 Å². The molecule has 88 valence electrons. The second-order valence-electron chi connectivity index (χ2n) is 3.38. The number of hydrogen-bond donors (Lipinski definition) is 2. The standard InChI is InChI=1S/C9H16O6/c1-7(12)14-5-9(3-10,4-11)6-15-8(2)13/h10-11H,3-6H2,1-2H3. The molecule has 0 saturated carbocycles. The van der Waals surface area contributed by atoms with Crippen LogP contribution in [0.25, 0.3) is 0 Å². The summed E-state index contributed by atoms with van der Waals surface area (Å²) in [6, 6.07) is 0. The zero-order valence-electron chi connectivity index (χ0n) is 8.86. The van der Waals surface area contributed by atoms with Crippen LogP contribution in [0.3, 0.4) is 0 Å². The Morgan fingerprint density at radius 2 is 1.33 bits per heavy atom. The van der Waals surface area contributed by atoms with Gasteiger partial charge in [0, 0.05) is 13.8 Å². The van der Waals surface area contributed by atoms with Crippen LogP contribution in [-0.4, -0.2) is 48.6 Å². The van der Waals surface area contributed by atoms with Crippen LogP contribution in [-0.2, 0) is 19.1 Å². The fourth-order valence-electron chi connectivity index (χ4n) is 0.784. The molecule has 0 unspecified atom stereocenters. The molecule has 0 aromatic heterocycles. The molecule has 0 aliphatic carbocycles. The summed E-state index contributed by atoms with van der Waals surface area (Å²) in [5.74, 6) is -1.05. The summed E-state index contributed by atoms with van der Waals surface area (Å²) in [4.78, 5) is 21.1. The molecule has 0 aromatic carbocycles. The molecule has 0 rings (SSSR count). The third-order valence-corrected chi connectivity index (χ3v) is 1.83. The van der Waals surface area contributed by atoms with Crippen LogP contribution >= 0.6 is 0 Å². The lowest BCUT2D eigenvalue weighted by Crippen LogP contribution is -2.40. The zero-order valence-corrected chi connectivity index (χ0v) is 8.86. The van der Waals surface area contributed by atoms with Crippen LogP contribution < -0.4 is 0 Å². The van der Waals surface area contributed by atoms with Crippen molar-refractivity contribution in [2.24, 2.45) is 5.41 Å². The van der Waals surface area contributed by atoms with E-state index < -0.39 is 30.6 Å². The number of carbonyl (C=O) groups is 2. The minimum Gasteiger partial charge on any atom is -0.465 e. The number of rotatable bonds is 6. The van der Waals surface area contributed by atoms with Gasteiger partial charge in [-0.3, -0.25) is 9.59 Å². The van der Waals surface area contributed by atoms with Crippen LogP contribution in [0.2, 0.25) is 0 Å². The molecular weight excluding hydrogens is 204 g/mol. The van der Waals surface area contributed by atoms with Crippen molar-refractivity contribution in [1.29, 1.82) is 0 Å². The van der Waals surface area contributed by atoms with E-state index in [1.807, 2.05) is 0 Å². The number of ether oxygens (including phenoxy) is 2. The highest BCUT2D eigenvalue weighted by Gasteiger charge is 2.32. The van der Waals surface area contributed by atoms with Gasteiger partial charge in [-0.15, -0.1) is 0 Å². The normalized spacial score (nSPS) is 10.9. The van der Waals surface area contributed by atoms with Crippen molar-refractivity contribution in [3.63, 3.8) is 0 Å². The van der Waals surface area contributed by atoms with Gasteiger partial charge in [0.25, 0.3) is 0 Å². The summed E-state index contributed by atoms with van der Waals surface area (Å²) in [5.41, 5.74) is -1.13. The first-order chi connectivity index (χ1) is 6.95. The van der Waals surface area contributed by atoms with Gasteiger partial charge < -0.3 is 19.7 Å². The Labute approximate surface area is 87.8 Å². The first-order valence-corrected chi connectivity index (χ1v) is 4.44. The highest BCUT2D eigenvalue weighted by atomic mass is 16.5. The Hall–Kier alpha value is -1.14. The van der Waals surface area contributed by atoms with Crippen molar-refractivity contribution < 1.29 is 29.3 Å². The lowest BCUT2D eigenvalue weighted by atomic mass is 9.92. The molecule has 0 bridgehead atoms. The monoisotopic (exact) mass is 220 g/mol. The van der Waals surface area contributed by atoms with Gasteiger partial charge in [-0.1, -0.05) is 0 Å². The van der Waals surface area contributed by atoms with E-state index in [1.165, 1.54) is 13.8 Å². The van der Waals surface area contributed by atoms with Crippen molar-refractivity contribution in [3.05, 3.63) is 0 Å². The summed E-state index contributed by atoms with van der Waals surface area (Å²) >= 11 is 0. The van der Waals surface area contributed by atoms with E-state index in [9.17, 15) is 9.59 Å². The first-order valence-electron chi connectivity index (χ1n) is 4.44. The maximum atomic E-state index is 10.6. The largest absolute Gasteiger partial charge is 0.465 e. The Morgan fingerprint density at radius 1 is 1.00 bits per heavy atom. The van der Waals surface area contributed by atoms with Gasteiger partial charge in [0.15, 0.2) is 0 Å². The minimum absolute atomic E-state index is 0.192. The molecule has 0 heterocycles. The molecule has 0 aliphatic heterocycles. The molecule has 0 saturated heterocycles. The number of hydrogen-bond acceptors (Lipinski definition) is 6. The average Bonchev–Trinajstić information content (AvgIpc) is 2.19. The zero-order chi connectivity index (χ0) is 11.9. The molecule has 6 nitrogen and oxygen atoms in total. The quantitative estimate of drug-likeness (QED) is 0.562. The maximum Gasteiger partial charge on any atom is 0.302 e. The van der Waals surface area contributed by atoms with E-state index in [0.717, 1.165) is 0 Å². The van der Waals surface area contributed by atoms with Crippen LogP contribution in [0, 0.1) is 5.41 Å². The number of aliphatic hydroxyl groups is 2. The molecule has 0 aliphatic rings. The molecule has 0 spiro atoms. The predicted molar refractivity (Wildman–Crippen MR) is 49.9 cm³/mol. The van der Waals surface area contributed by atoms with Gasteiger partial charge in [0.2, 0.25) is 0 Å². The van der Waals surface area contributed by atoms with E-state index in [-0.39, 0.29) is 13.2 Å². The summed E-state index contributed by atoms with van der Waals surface area (Å²) < 4.78 is 9.34. The van der Waals surface area contributed by atoms with E-state index in [4.69, 9.17) is 10.2 Å². The Bertz CT molecular complexity index is 201. The van der Waals surface area contributed by atoms with Crippen LogP contribution in [0.15, 0.2) is 0 Å². The summed E-state index contributed by atoms with van der Waals surface area (Å²) in [5, 5.41) is 18.1. The highest BCUT2D eigenvalue weighted by molar-refractivity contribution is 5.66. The average molecular weight is 220 g/mol. The molecular formula is C9H16O6. The van der Waals surface area contributed by atoms with Crippen LogP contribution in [0.5, 0.6) is 0 Å². The number of carbonyl (C=O) groups excluding carboxylic acids is 2. The van der Waals surface area contributed by atoms with Crippen molar-refractivity contribution in [3.8, 4) is 0 Å². The van der Waals surface area contributed by atoms with E-state index in [2.05, 4.69) is 9.47 Å². The van der Waals surface area contributed by atoms with Crippen molar-refractivity contribution in [1.82, 2.24) is 0 Å². The predicted octanol–water partition coefficient (Wildman–Crippen LogP) is -0.916. The van der Waals surface area contributed by atoms with Gasteiger partial charge in [0.05, 0.1) is 18.6 Å². The molecule has 0 amide bonds. The molecule has 6 heteroatoms. The van der Waals surface area contributed by atoms with E-state index in [0.29, 0.717) is 0 Å². The molecule has 0 fully saturated rings. The van der Waals surface area contributed by atoms with Crippen molar-refractivity contribution in [2.75, 3.05) is 26.4 Å². The first kappa shape index (κ1) is 13.9. The van der Waals surface area contributed by atoms with Gasteiger partial charge >= 0.3 is 11.9 Å². The van der Waals surface area contributed by atoms with Crippen molar-refractivity contribution in [2.45, 2.75) is 13.8 Å². The number of esters is 2.